The van der Waals surface area contributed by atoms with E-state index in [0.29, 0.717) is 12.1 Å². The van der Waals surface area contributed by atoms with Crippen molar-refractivity contribution in [1.82, 2.24) is 0 Å². The van der Waals surface area contributed by atoms with E-state index in [9.17, 15) is 26.4 Å². The molecule has 4 nitrogen and oxygen atoms in total. The summed E-state index contributed by atoms with van der Waals surface area (Å²) in [5, 5.41) is 0. The number of hydrogen-bond donors (Lipinski definition) is 0. The molecule has 124 valence electrons. The SMILES string of the molecule is [B]CC(=O)c1ccc(OS(=O)(=O)c2ccc(C(F)(F)F)cc2)cc1. The van der Waals surface area contributed by atoms with Crippen LogP contribution in [0.5, 0.6) is 5.75 Å². The summed E-state index contributed by atoms with van der Waals surface area (Å²) in [5.41, 5.74) is -0.678. The number of carbonyl (C=O) groups is 1. The van der Waals surface area contributed by atoms with Gasteiger partial charge in [0.25, 0.3) is 0 Å². The number of carbonyl (C=O) groups excluding carboxylic acids is 1. The van der Waals surface area contributed by atoms with E-state index in [-0.39, 0.29) is 23.4 Å². The maximum atomic E-state index is 12.5. The minimum atomic E-state index is -4.56. The molecule has 24 heavy (non-hydrogen) atoms. The van der Waals surface area contributed by atoms with Gasteiger partial charge >= 0.3 is 16.3 Å². The Labute approximate surface area is 137 Å². The zero-order chi connectivity index (χ0) is 18.0. The van der Waals surface area contributed by atoms with Crippen molar-refractivity contribution in [1.29, 1.82) is 0 Å². The fourth-order valence-electron chi connectivity index (χ4n) is 1.80. The van der Waals surface area contributed by atoms with Crippen LogP contribution in [0.4, 0.5) is 13.2 Å². The molecule has 2 aromatic rings. The van der Waals surface area contributed by atoms with Crippen LogP contribution in [0.15, 0.2) is 53.4 Å². The topological polar surface area (TPSA) is 60.4 Å². The van der Waals surface area contributed by atoms with Gasteiger partial charge in [-0.15, -0.1) is 0 Å². The zero-order valence-electron chi connectivity index (χ0n) is 12.1. The van der Waals surface area contributed by atoms with Gasteiger partial charge in [0, 0.05) is 5.56 Å². The van der Waals surface area contributed by atoms with Gasteiger partial charge in [-0.1, -0.05) is 0 Å². The van der Waals surface area contributed by atoms with Crippen LogP contribution < -0.4 is 4.18 Å². The van der Waals surface area contributed by atoms with Gasteiger partial charge in [-0.05, 0) is 54.9 Å². The first-order chi connectivity index (χ1) is 11.1. The van der Waals surface area contributed by atoms with Gasteiger partial charge in [0.15, 0.2) is 5.78 Å². The second-order valence-corrected chi connectivity index (χ2v) is 6.26. The quantitative estimate of drug-likeness (QED) is 0.470. The molecule has 0 bridgehead atoms. The molecule has 0 heterocycles. The summed E-state index contributed by atoms with van der Waals surface area (Å²) in [6, 6.07) is 8.11. The fraction of sp³-hybridized carbons (Fsp3) is 0.133. The highest BCUT2D eigenvalue weighted by atomic mass is 32.2. The molecule has 2 aromatic carbocycles. The molecule has 0 aliphatic carbocycles. The van der Waals surface area contributed by atoms with Crippen LogP contribution in [0, 0.1) is 0 Å². The number of hydrogen-bond acceptors (Lipinski definition) is 4. The van der Waals surface area contributed by atoms with Crippen molar-refractivity contribution < 1.29 is 30.6 Å². The molecule has 0 aromatic heterocycles. The van der Waals surface area contributed by atoms with E-state index in [2.05, 4.69) is 0 Å². The summed E-state index contributed by atoms with van der Waals surface area (Å²) in [5.74, 6) is -0.407. The highest BCUT2D eigenvalue weighted by Gasteiger charge is 2.30. The third-order valence-electron chi connectivity index (χ3n) is 3.04. The number of rotatable bonds is 5. The number of halogens is 3. The Bertz CT molecular complexity index is 829. The van der Waals surface area contributed by atoms with Crippen molar-refractivity contribution in [2.75, 3.05) is 0 Å². The molecular weight excluding hydrogens is 344 g/mol. The summed E-state index contributed by atoms with van der Waals surface area (Å²) in [4.78, 5) is 10.9. The smallest absolute Gasteiger partial charge is 0.379 e. The number of alkyl halides is 3. The summed E-state index contributed by atoms with van der Waals surface area (Å²) >= 11 is 0. The summed E-state index contributed by atoms with van der Waals surface area (Å²) in [6.07, 6.45) is -4.75. The van der Waals surface area contributed by atoms with Gasteiger partial charge in [-0.2, -0.15) is 21.6 Å². The van der Waals surface area contributed by atoms with Gasteiger partial charge in [-0.3, -0.25) is 4.79 Å². The maximum Gasteiger partial charge on any atom is 0.416 e. The van der Waals surface area contributed by atoms with Crippen molar-refractivity contribution >= 4 is 23.7 Å². The van der Waals surface area contributed by atoms with Gasteiger partial charge < -0.3 is 4.18 Å². The number of Topliss-reactive ketones (excluding diaryl/α,β-unsaturated/α-hetero) is 1. The standard InChI is InChI=1S/C15H10BF3O4S/c16-9-14(20)10-1-5-12(6-2-10)23-24(21,22)13-7-3-11(4-8-13)15(17,18)19/h1-8H,9H2. The van der Waals surface area contributed by atoms with Crippen molar-refractivity contribution in [2.24, 2.45) is 0 Å². The van der Waals surface area contributed by atoms with E-state index >= 15 is 0 Å². The molecule has 0 N–H and O–H groups in total. The second kappa shape index (κ2) is 6.68. The molecule has 0 saturated carbocycles. The minimum absolute atomic E-state index is 0.0801. The highest BCUT2D eigenvalue weighted by molar-refractivity contribution is 7.87. The lowest BCUT2D eigenvalue weighted by molar-refractivity contribution is -0.137. The van der Waals surface area contributed by atoms with Gasteiger partial charge in [0.1, 0.15) is 10.6 Å². The Kier molecular flexibility index (Phi) is 5.03. The van der Waals surface area contributed by atoms with E-state index in [0.717, 1.165) is 12.1 Å². The first-order valence-corrected chi connectivity index (χ1v) is 7.99. The average molecular weight is 354 g/mol. The highest BCUT2D eigenvalue weighted by Crippen LogP contribution is 2.30. The first-order valence-electron chi connectivity index (χ1n) is 6.58. The van der Waals surface area contributed by atoms with Crippen LogP contribution in [0.2, 0.25) is 6.32 Å². The van der Waals surface area contributed by atoms with E-state index in [1.807, 2.05) is 0 Å². The van der Waals surface area contributed by atoms with Crippen LogP contribution in [0.3, 0.4) is 0 Å². The van der Waals surface area contributed by atoms with Crippen molar-refractivity contribution in [3.8, 4) is 5.75 Å². The number of ketones is 1. The van der Waals surface area contributed by atoms with Gasteiger partial charge in [-0.25, -0.2) is 0 Å². The predicted octanol–water partition coefficient (Wildman–Crippen LogP) is 3.24. The minimum Gasteiger partial charge on any atom is -0.379 e. The molecule has 0 aliphatic rings. The molecule has 0 saturated heterocycles. The Morgan fingerprint density at radius 3 is 2.00 bits per heavy atom. The second-order valence-electron chi connectivity index (χ2n) is 4.71. The van der Waals surface area contributed by atoms with Gasteiger partial charge in [0.2, 0.25) is 0 Å². The Balaban J connectivity index is 2.20. The third kappa shape index (κ3) is 4.17. The maximum absolute atomic E-state index is 12.5. The lowest BCUT2D eigenvalue weighted by atomic mass is 9.96. The molecule has 0 atom stereocenters. The van der Waals surface area contributed by atoms with E-state index in [1.165, 1.54) is 24.3 Å². The summed E-state index contributed by atoms with van der Waals surface area (Å²) in [6.45, 7) is 0. The lowest BCUT2D eigenvalue weighted by Crippen LogP contribution is -2.11. The molecule has 0 unspecified atom stereocenters. The molecule has 2 rings (SSSR count). The van der Waals surface area contributed by atoms with E-state index in [1.54, 1.807) is 0 Å². The van der Waals surface area contributed by atoms with Crippen LogP contribution in [-0.4, -0.2) is 22.0 Å². The summed E-state index contributed by atoms with van der Waals surface area (Å²) < 4.78 is 66.4. The van der Waals surface area contributed by atoms with E-state index in [4.69, 9.17) is 12.0 Å². The Hall–Kier alpha value is -2.29. The third-order valence-corrected chi connectivity index (χ3v) is 4.30. The molecule has 0 aliphatic heterocycles. The molecule has 0 spiro atoms. The van der Waals surface area contributed by atoms with E-state index < -0.39 is 26.8 Å². The predicted molar refractivity (Wildman–Crippen MR) is 80.6 cm³/mol. The summed E-state index contributed by atoms with van der Waals surface area (Å²) in [7, 11) is 0.915. The molecule has 0 amide bonds. The van der Waals surface area contributed by atoms with Crippen LogP contribution >= 0.6 is 0 Å². The van der Waals surface area contributed by atoms with Crippen molar-refractivity contribution in [2.45, 2.75) is 17.4 Å². The lowest BCUT2D eigenvalue weighted by Gasteiger charge is -2.09. The molecule has 2 radical (unpaired) electrons. The Morgan fingerprint density at radius 1 is 1.00 bits per heavy atom. The molecular formula is C15H10BF3O4S. The molecule has 0 fully saturated rings. The number of benzene rings is 2. The normalized spacial score (nSPS) is 12.0. The largest absolute Gasteiger partial charge is 0.416 e. The monoisotopic (exact) mass is 354 g/mol. The fourth-order valence-corrected chi connectivity index (χ4v) is 2.73. The van der Waals surface area contributed by atoms with Crippen LogP contribution in [0.25, 0.3) is 0 Å². The van der Waals surface area contributed by atoms with Crippen molar-refractivity contribution in [3.05, 3.63) is 59.7 Å². The zero-order valence-corrected chi connectivity index (χ0v) is 12.9. The molecule has 9 heteroatoms. The first kappa shape index (κ1) is 18.1. The Morgan fingerprint density at radius 2 is 1.54 bits per heavy atom. The van der Waals surface area contributed by atoms with Crippen LogP contribution in [0.1, 0.15) is 15.9 Å². The van der Waals surface area contributed by atoms with Crippen LogP contribution in [-0.2, 0) is 16.3 Å². The van der Waals surface area contributed by atoms with Gasteiger partial charge in [0.05, 0.1) is 13.4 Å². The van der Waals surface area contributed by atoms with Crippen molar-refractivity contribution in [3.63, 3.8) is 0 Å². The average Bonchev–Trinajstić information content (AvgIpc) is 2.54.